The second-order valence-electron chi connectivity index (χ2n) is 4.30. The third kappa shape index (κ3) is 2.72. The second-order valence-corrected chi connectivity index (χ2v) is 5.52. The van der Waals surface area contributed by atoms with Crippen molar-refractivity contribution in [3.8, 4) is 0 Å². The van der Waals surface area contributed by atoms with Crippen molar-refractivity contribution in [3.63, 3.8) is 0 Å². The van der Waals surface area contributed by atoms with Crippen LogP contribution in [0.15, 0.2) is 36.4 Å². The molecule has 19 heavy (non-hydrogen) atoms. The first kappa shape index (κ1) is 14.6. The minimum Gasteiger partial charge on any atom is -0.381 e. The number of rotatable bonds is 2. The molecule has 0 aliphatic carbocycles. The predicted octanol–water partition coefficient (Wildman–Crippen LogP) is 5.04. The maximum absolute atomic E-state index is 13.6. The van der Waals surface area contributed by atoms with E-state index in [-0.39, 0.29) is 15.6 Å². The molecule has 0 amide bonds. The summed E-state index contributed by atoms with van der Waals surface area (Å²) >= 11 is 17.7. The molecule has 0 aromatic heterocycles. The summed E-state index contributed by atoms with van der Waals surface area (Å²) in [5.41, 5.74) is -0.856. The van der Waals surface area contributed by atoms with E-state index in [1.165, 1.54) is 13.0 Å². The van der Waals surface area contributed by atoms with Crippen LogP contribution in [-0.2, 0) is 5.60 Å². The lowest BCUT2D eigenvalue weighted by atomic mass is 9.88. The number of halogens is 4. The Morgan fingerprint density at radius 3 is 2.21 bits per heavy atom. The van der Waals surface area contributed by atoms with Crippen molar-refractivity contribution in [3.05, 3.63) is 68.4 Å². The molecule has 0 heterocycles. The van der Waals surface area contributed by atoms with Gasteiger partial charge in [-0.2, -0.15) is 0 Å². The van der Waals surface area contributed by atoms with Crippen LogP contribution in [0.5, 0.6) is 0 Å². The van der Waals surface area contributed by atoms with E-state index >= 15 is 0 Å². The zero-order chi connectivity index (χ0) is 14.2. The second kappa shape index (κ2) is 5.29. The first-order chi connectivity index (χ1) is 8.84. The van der Waals surface area contributed by atoms with Gasteiger partial charge in [0.1, 0.15) is 11.4 Å². The molecule has 2 rings (SSSR count). The summed E-state index contributed by atoms with van der Waals surface area (Å²) in [4.78, 5) is 0. The van der Waals surface area contributed by atoms with Gasteiger partial charge >= 0.3 is 0 Å². The molecule has 1 unspecified atom stereocenters. The quantitative estimate of drug-likeness (QED) is 0.769. The molecule has 100 valence electrons. The van der Waals surface area contributed by atoms with Gasteiger partial charge in [0.2, 0.25) is 0 Å². The summed E-state index contributed by atoms with van der Waals surface area (Å²) < 4.78 is 13.6. The van der Waals surface area contributed by atoms with E-state index in [2.05, 4.69) is 0 Å². The van der Waals surface area contributed by atoms with Crippen LogP contribution in [0.3, 0.4) is 0 Å². The number of aliphatic hydroxyl groups is 1. The van der Waals surface area contributed by atoms with Crippen LogP contribution in [0, 0.1) is 5.82 Å². The van der Waals surface area contributed by atoms with E-state index in [0.717, 1.165) is 6.07 Å². The fraction of sp³-hybridized carbons (Fsp3) is 0.143. The van der Waals surface area contributed by atoms with Gasteiger partial charge in [0.05, 0.1) is 5.02 Å². The van der Waals surface area contributed by atoms with Crippen LogP contribution < -0.4 is 0 Å². The van der Waals surface area contributed by atoms with Crippen molar-refractivity contribution in [2.45, 2.75) is 12.5 Å². The molecule has 2 aromatic rings. The van der Waals surface area contributed by atoms with Crippen LogP contribution in [0.25, 0.3) is 0 Å². The number of benzene rings is 2. The summed E-state index contributed by atoms with van der Waals surface area (Å²) in [6, 6.07) is 9.16. The lowest BCUT2D eigenvalue weighted by molar-refractivity contribution is 0.102. The number of hydrogen-bond donors (Lipinski definition) is 1. The van der Waals surface area contributed by atoms with Gasteiger partial charge in [-0.1, -0.05) is 53.0 Å². The van der Waals surface area contributed by atoms with Gasteiger partial charge < -0.3 is 5.11 Å². The van der Waals surface area contributed by atoms with Crippen molar-refractivity contribution in [2.24, 2.45) is 0 Å². The van der Waals surface area contributed by atoms with E-state index in [0.29, 0.717) is 10.6 Å². The van der Waals surface area contributed by atoms with E-state index in [9.17, 15) is 9.50 Å². The average Bonchev–Trinajstić information content (AvgIpc) is 2.34. The van der Waals surface area contributed by atoms with Crippen LogP contribution in [-0.4, -0.2) is 5.11 Å². The van der Waals surface area contributed by atoms with Crippen LogP contribution in [0.1, 0.15) is 18.1 Å². The van der Waals surface area contributed by atoms with Gasteiger partial charge in [-0.15, -0.1) is 0 Å². The Morgan fingerprint density at radius 1 is 0.947 bits per heavy atom. The molecule has 1 nitrogen and oxygen atoms in total. The smallest absolute Gasteiger partial charge is 0.142 e. The topological polar surface area (TPSA) is 20.2 Å². The van der Waals surface area contributed by atoms with Gasteiger partial charge in [-0.3, -0.25) is 0 Å². The third-order valence-corrected chi connectivity index (χ3v) is 3.86. The largest absolute Gasteiger partial charge is 0.381 e. The minimum absolute atomic E-state index is 0.0938. The first-order valence-corrected chi connectivity index (χ1v) is 6.60. The molecular formula is C14H10Cl3FO. The first-order valence-electron chi connectivity index (χ1n) is 5.46. The van der Waals surface area contributed by atoms with Gasteiger partial charge in [0.25, 0.3) is 0 Å². The standard InChI is InChI=1S/C14H10Cl3FO/c1-14(19,8-4-2-3-5-10(8)15)9-6-13(18)12(17)7-11(9)16/h2-7,19H,1H3. The van der Waals surface area contributed by atoms with E-state index < -0.39 is 11.4 Å². The Balaban J connectivity index is 2.63. The molecule has 0 aliphatic rings. The highest BCUT2D eigenvalue weighted by atomic mass is 35.5. The zero-order valence-corrected chi connectivity index (χ0v) is 12.2. The Kier molecular flexibility index (Phi) is 4.07. The number of hydrogen-bond acceptors (Lipinski definition) is 1. The Morgan fingerprint density at radius 2 is 1.58 bits per heavy atom. The van der Waals surface area contributed by atoms with Crippen molar-refractivity contribution >= 4 is 34.8 Å². The maximum Gasteiger partial charge on any atom is 0.142 e. The molecule has 5 heteroatoms. The molecule has 0 fully saturated rings. The van der Waals surface area contributed by atoms with Crippen molar-refractivity contribution < 1.29 is 9.50 Å². The summed E-state index contributed by atoms with van der Waals surface area (Å²) in [5.74, 6) is -0.645. The SMILES string of the molecule is CC(O)(c1ccccc1Cl)c1cc(F)c(Cl)cc1Cl. The predicted molar refractivity (Wildman–Crippen MR) is 76.5 cm³/mol. The monoisotopic (exact) mass is 318 g/mol. The molecule has 0 spiro atoms. The van der Waals surface area contributed by atoms with E-state index in [1.54, 1.807) is 24.3 Å². The highest BCUT2D eigenvalue weighted by Gasteiger charge is 2.31. The molecule has 1 N–H and O–H groups in total. The Bertz CT molecular complexity index is 626. The summed E-state index contributed by atoms with van der Waals surface area (Å²) in [6.45, 7) is 1.50. The minimum atomic E-state index is -1.51. The van der Waals surface area contributed by atoms with Gasteiger partial charge in [0, 0.05) is 21.2 Å². The highest BCUT2D eigenvalue weighted by molar-refractivity contribution is 6.35. The summed E-state index contributed by atoms with van der Waals surface area (Å²) in [7, 11) is 0. The molecule has 1 atom stereocenters. The van der Waals surface area contributed by atoms with E-state index in [4.69, 9.17) is 34.8 Å². The van der Waals surface area contributed by atoms with Crippen LogP contribution in [0.4, 0.5) is 4.39 Å². The normalized spacial score (nSPS) is 14.2. The third-order valence-electron chi connectivity index (χ3n) is 2.93. The van der Waals surface area contributed by atoms with Crippen molar-refractivity contribution in [2.75, 3.05) is 0 Å². The molecule has 0 saturated heterocycles. The van der Waals surface area contributed by atoms with Gasteiger partial charge in [-0.25, -0.2) is 4.39 Å². The zero-order valence-electron chi connectivity index (χ0n) is 9.92. The van der Waals surface area contributed by atoms with Crippen LogP contribution >= 0.6 is 34.8 Å². The lowest BCUT2D eigenvalue weighted by Gasteiger charge is -2.26. The molecular weight excluding hydrogens is 310 g/mol. The van der Waals surface area contributed by atoms with Crippen LogP contribution in [0.2, 0.25) is 15.1 Å². The molecule has 0 radical (unpaired) electrons. The lowest BCUT2D eigenvalue weighted by Crippen LogP contribution is -2.24. The maximum atomic E-state index is 13.6. The van der Waals surface area contributed by atoms with Gasteiger partial charge in [-0.05, 0) is 25.1 Å². The fourth-order valence-corrected chi connectivity index (χ4v) is 2.78. The molecule has 0 aliphatic heterocycles. The van der Waals surface area contributed by atoms with Crippen molar-refractivity contribution in [1.29, 1.82) is 0 Å². The Hall–Kier alpha value is -0.800. The molecule has 0 saturated carbocycles. The average molecular weight is 320 g/mol. The summed E-state index contributed by atoms with van der Waals surface area (Å²) in [5, 5.41) is 11.1. The fourth-order valence-electron chi connectivity index (χ4n) is 1.90. The molecule has 0 bridgehead atoms. The Labute approximate surface area is 125 Å². The molecule has 2 aromatic carbocycles. The summed E-state index contributed by atoms with van der Waals surface area (Å²) in [6.07, 6.45) is 0. The highest BCUT2D eigenvalue weighted by Crippen LogP contribution is 2.38. The van der Waals surface area contributed by atoms with Crippen molar-refractivity contribution in [1.82, 2.24) is 0 Å². The van der Waals surface area contributed by atoms with E-state index in [1.807, 2.05) is 0 Å². The van der Waals surface area contributed by atoms with Gasteiger partial charge in [0.15, 0.2) is 0 Å².